The first kappa shape index (κ1) is 12.3. The van der Waals surface area contributed by atoms with Gasteiger partial charge in [0.1, 0.15) is 0 Å². The number of aliphatic carboxylic acids is 1. The van der Waals surface area contributed by atoms with Gasteiger partial charge < -0.3 is 5.11 Å². The van der Waals surface area contributed by atoms with Crippen molar-refractivity contribution in [3.8, 4) is 0 Å². The predicted octanol–water partition coefficient (Wildman–Crippen LogP) is 2.41. The number of carboxylic acid groups (broad SMARTS) is 1. The molecule has 15 heavy (non-hydrogen) atoms. The summed E-state index contributed by atoms with van der Waals surface area (Å²) in [6, 6.07) is 0. The summed E-state index contributed by atoms with van der Waals surface area (Å²) in [4.78, 5) is 10.9. The van der Waals surface area contributed by atoms with Crippen molar-refractivity contribution in [3.05, 3.63) is 0 Å². The largest absolute Gasteiger partial charge is 0.522 e. The summed E-state index contributed by atoms with van der Waals surface area (Å²) >= 11 is 0. The number of ether oxygens (including phenoxy) is 1. The molecule has 6 heteroatoms. The summed E-state index contributed by atoms with van der Waals surface area (Å²) in [5, 5.41) is 8.94. The molecule has 1 aliphatic carbocycles. The molecule has 1 fully saturated rings. The van der Waals surface area contributed by atoms with Gasteiger partial charge in [-0.25, -0.2) is 0 Å². The zero-order valence-corrected chi connectivity index (χ0v) is 8.30. The van der Waals surface area contributed by atoms with Crippen LogP contribution in [0, 0.1) is 11.3 Å². The van der Waals surface area contributed by atoms with E-state index in [0.717, 1.165) is 12.8 Å². The van der Waals surface area contributed by atoms with Crippen LogP contribution in [-0.4, -0.2) is 24.0 Å². The van der Waals surface area contributed by atoms with Gasteiger partial charge in [-0.05, 0) is 32.1 Å². The normalized spacial score (nSPS) is 21.1. The smallest absolute Gasteiger partial charge is 0.481 e. The van der Waals surface area contributed by atoms with Crippen molar-refractivity contribution < 1.29 is 27.8 Å². The molecule has 0 heterocycles. The molecule has 1 aliphatic rings. The Hall–Kier alpha value is -0.780. The van der Waals surface area contributed by atoms with Crippen LogP contribution in [0.3, 0.4) is 0 Å². The van der Waals surface area contributed by atoms with Crippen LogP contribution in [0.1, 0.15) is 26.2 Å². The van der Waals surface area contributed by atoms with Crippen molar-refractivity contribution in [3.63, 3.8) is 0 Å². The van der Waals surface area contributed by atoms with Gasteiger partial charge in [-0.15, -0.1) is 13.2 Å². The maximum Gasteiger partial charge on any atom is 0.522 e. The van der Waals surface area contributed by atoms with E-state index in [0.29, 0.717) is 0 Å². The van der Waals surface area contributed by atoms with E-state index in [1.165, 1.54) is 6.92 Å². The lowest BCUT2D eigenvalue weighted by molar-refractivity contribution is -0.326. The van der Waals surface area contributed by atoms with E-state index >= 15 is 0 Å². The average Bonchev–Trinajstić information content (AvgIpc) is 2.82. The van der Waals surface area contributed by atoms with Crippen LogP contribution in [0.5, 0.6) is 0 Å². The molecule has 1 saturated carbocycles. The fourth-order valence-corrected chi connectivity index (χ4v) is 1.58. The maximum atomic E-state index is 11.7. The second-order valence-electron chi connectivity index (χ2n) is 4.04. The van der Waals surface area contributed by atoms with Crippen LogP contribution >= 0.6 is 0 Å². The molecule has 3 nitrogen and oxygen atoms in total. The first-order valence-corrected chi connectivity index (χ1v) is 4.70. The third kappa shape index (κ3) is 3.37. The van der Waals surface area contributed by atoms with E-state index in [-0.39, 0.29) is 12.3 Å². The van der Waals surface area contributed by atoms with Crippen molar-refractivity contribution in [1.29, 1.82) is 0 Å². The highest BCUT2D eigenvalue weighted by Gasteiger charge is 2.47. The molecule has 1 atom stereocenters. The zero-order chi connectivity index (χ0) is 11.7. The van der Waals surface area contributed by atoms with Crippen molar-refractivity contribution in [2.24, 2.45) is 11.3 Å². The molecule has 0 radical (unpaired) electrons. The van der Waals surface area contributed by atoms with Crippen LogP contribution in [-0.2, 0) is 9.53 Å². The molecule has 88 valence electrons. The van der Waals surface area contributed by atoms with E-state index < -0.39 is 24.4 Å². The molecule has 0 aromatic heterocycles. The van der Waals surface area contributed by atoms with E-state index in [1.807, 2.05) is 0 Å². The van der Waals surface area contributed by atoms with Crippen LogP contribution < -0.4 is 0 Å². The quantitative estimate of drug-likeness (QED) is 0.783. The van der Waals surface area contributed by atoms with Gasteiger partial charge in [-0.1, -0.05) is 0 Å². The lowest BCUT2D eigenvalue weighted by Crippen LogP contribution is -2.32. The SMILES string of the molecule is CC(CCOC(F)(F)F)(C(=O)O)C1CC1. The second kappa shape index (κ2) is 4.00. The molecule has 1 rings (SSSR count). The van der Waals surface area contributed by atoms with E-state index in [9.17, 15) is 18.0 Å². The lowest BCUT2D eigenvalue weighted by Gasteiger charge is -2.24. The molecular weight excluding hydrogens is 213 g/mol. The Morgan fingerprint density at radius 2 is 2.00 bits per heavy atom. The van der Waals surface area contributed by atoms with Gasteiger partial charge in [0.15, 0.2) is 0 Å². The molecule has 0 aromatic rings. The highest BCUT2D eigenvalue weighted by molar-refractivity contribution is 5.75. The number of halogens is 3. The van der Waals surface area contributed by atoms with Crippen LogP contribution in [0.25, 0.3) is 0 Å². The third-order valence-corrected chi connectivity index (χ3v) is 2.85. The molecular formula is C9H13F3O3. The highest BCUT2D eigenvalue weighted by atomic mass is 19.4. The number of hydrogen-bond acceptors (Lipinski definition) is 2. The highest BCUT2D eigenvalue weighted by Crippen LogP contribution is 2.47. The van der Waals surface area contributed by atoms with Crippen molar-refractivity contribution in [1.82, 2.24) is 0 Å². The minimum atomic E-state index is -4.68. The van der Waals surface area contributed by atoms with E-state index in [4.69, 9.17) is 5.11 Å². The molecule has 0 aromatic carbocycles. The summed E-state index contributed by atoms with van der Waals surface area (Å²) < 4.78 is 38.6. The number of rotatable bonds is 5. The first-order valence-electron chi connectivity index (χ1n) is 4.70. The van der Waals surface area contributed by atoms with Crippen LogP contribution in [0.15, 0.2) is 0 Å². The summed E-state index contributed by atoms with van der Waals surface area (Å²) in [5.41, 5.74) is -1.08. The Morgan fingerprint density at radius 1 is 1.47 bits per heavy atom. The molecule has 1 unspecified atom stereocenters. The third-order valence-electron chi connectivity index (χ3n) is 2.85. The van der Waals surface area contributed by atoms with Gasteiger partial charge in [0.25, 0.3) is 0 Å². The maximum absolute atomic E-state index is 11.7. The number of carboxylic acids is 1. The average molecular weight is 226 g/mol. The van der Waals surface area contributed by atoms with Gasteiger partial charge >= 0.3 is 12.3 Å². The molecule has 0 aliphatic heterocycles. The number of carbonyl (C=O) groups is 1. The monoisotopic (exact) mass is 226 g/mol. The van der Waals surface area contributed by atoms with Crippen molar-refractivity contribution in [2.45, 2.75) is 32.5 Å². The number of alkyl halides is 3. The van der Waals surface area contributed by atoms with Crippen LogP contribution in [0.2, 0.25) is 0 Å². The Labute approximate surface area is 85.2 Å². The lowest BCUT2D eigenvalue weighted by atomic mass is 9.82. The second-order valence-corrected chi connectivity index (χ2v) is 4.04. The minimum absolute atomic E-state index is 0.00756. The predicted molar refractivity (Wildman–Crippen MR) is 45.1 cm³/mol. The molecule has 0 spiro atoms. The Kier molecular flexibility index (Phi) is 3.28. The first-order chi connectivity index (χ1) is 6.76. The molecule has 0 amide bonds. The van der Waals surface area contributed by atoms with E-state index in [1.54, 1.807) is 0 Å². The fourth-order valence-electron chi connectivity index (χ4n) is 1.58. The van der Waals surface area contributed by atoms with Gasteiger partial charge in [0, 0.05) is 0 Å². The van der Waals surface area contributed by atoms with Gasteiger partial charge in [-0.3, -0.25) is 9.53 Å². The zero-order valence-electron chi connectivity index (χ0n) is 8.30. The summed E-state index contributed by atoms with van der Waals surface area (Å²) in [6.07, 6.45) is -3.24. The molecule has 0 saturated heterocycles. The molecule has 1 N–H and O–H groups in total. The topological polar surface area (TPSA) is 46.5 Å². The fraction of sp³-hybridized carbons (Fsp3) is 0.889. The van der Waals surface area contributed by atoms with E-state index in [2.05, 4.69) is 4.74 Å². The Balaban J connectivity index is 2.43. The summed E-state index contributed by atoms with van der Waals surface area (Å²) in [6.45, 7) is 0.884. The summed E-state index contributed by atoms with van der Waals surface area (Å²) in [5.74, 6) is -1.05. The minimum Gasteiger partial charge on any atom is -0.481 e. The van der Waals surface area contributed by atoms with Gasteiger partial charge in [0.05, 0.1) is 12.0 Å². The van der Waals surface area contributed by atoms with Crippen molar-refractivity contribution >= 4 is 5.97 Å². The van der Waals surface area contributed by atoms with Gasteiger partial charge in [0.2, 0.25) is 0 Å². The number of hydrogen-bond donors (Lipinski definition) is 1. The van der Waals surface area contributed by atoms with Gasteiger partial charge in [-0.2, -0.15) is 0 Å². The van der Waals surface area contributed by atoms with Crippen molar-refractivity contribution in [2.75, 3.05) is 6.61 Å². The Morgan fingerprint density at radius 3 is 2.33 bits per heavy atom. The summed E-state index contributed by atoms with van der Waals surface area (Å²) in [7, 11) is 0. The van der Waals surface area contributed by atoms with Crippen LogP contribution in [0.4, 0.5) is 13.2 Å². The molecule has 0 bridgehead atoms. The Bertz CT molecular complexity index is 247. The standard InChI is InChI=1S/C9H13F3O3/c1-8(7(13)14,6-2-3-6)4-5-15-9(10,11)12/h6H,2-5H2,1H3,(H,13,14).